The summed E-state index contributed by atoms with van der Waals surface area (Å²) in [7, 11) is 0. The number of hydrogen-bond donors (Lipinski definition) is 3. The molecule has 3 aliphatic heterocycles. The minimum atomic E-state index is -5.08. The molecular formula is C23H29F6N3O7. The molecule has 3 N–H and O–H groups in total. The summed E-state index contributed by atoms with van der Waals surface area (Å²) < 4.78 is 75.1. The first-order valence-electron chi connectivity index (χ1n) is 11.9. The summed E-state index contributed by atoms with van der Waals surface area (Å²) >= 11 is 0. The van der Waals surface area contributed by atoms with Crippen LogP contribution in [0.4, 0.5) is 26.3 Å². The van der Waals surface area contributed by atoms with Gasteiger partial charge in [0, 0.05) is 57.2 Å². The van der Waals surface area contributed by atoms with Crippen molar-refractivity contribution in [2.45, 2.75) is 62.8 Å². The average molecular weight is 573 g/mol. The third-order valence-electron chi connectivity index (χ3n) is 6.16. The molecule has 4 rings (SSSR count). The van der Waals surface area contributed by atoms with Gasteiger partial charge < -0.3 is 25.0 Å². The molecule has 3 atom stereocenters. The summed E-state index contributed by atoms with van der Waals surface area (Å²) in [5.74, 6) is -4.87. The van der Waals surface area contributed by atoms with Crippen molar-refractivity contribution in [3.8, 4) is 0 Å². The number of carbonyl (C=O) groups excluding carboxylic acids is 1. The van der Waals surface area contributed by atoms with E-state index in [-0.39, 0.29) is 12.0 Å². The highest BCUT2D eigenvalue weighted by Gasteiger charge is 2.44. The van der Waals surface area contributed by atoms with E-state index < -0.39 is 24.3 Å². The largest absolute Gasteiger partial charge is 0.490 e. The second kappa shape index (κ2) is 14.4. The summed E-state index contributed by atoms with van der Waals surface area (Å²) in [4.78, 5) is 36.6. The van der Waals surface area contributed by atoms with E-state index in [1.807, 2.05) is 12.1 Å². The molecule has 3 fully saturated rings. The lowest BCUT2D eigenvalue weighted by Crippen LogP contribution is -2.39. The number of alkyl halides is 6. The van der Waals surface area contributed by atoms with Gasteiger partial charge in [-0.25, -0.2) is 9.59 Å². The van der Waals surface area contributed by atoms with Crippen LogP contribution in [0.15, 0.2) is 24.5 Å². The molecule has 0 bridgehead atoms. The SMILES string of the molecule is O=C(C[C@H]1C[C@H]2CN(C3CCOCC3)C[C@H]2O1)NCc1cccnc1.O=C(O)C(F)(F)F.O=C(O)C(F)(F)F. The molecular weight excluding hydrogens is 544 g/mol. The number of rotatable bonds is 5. The maximum atomic E-state index is 12.2. The lowest BCUT2D eigenvalue weighted by molar-refractivity contribution is -0.193. The van der Waals surface area contributed by atoms with Gasteiger partial charge in [0.15, 0.2) is 0 Å². The number of hydrogen-bond acceptors (Lipinski definition) is 7. The molecule has 1 amide bonds. The van der Waals surface area contributed by atoms with Gasteiger partial charge in [0.1, 0.15) is 0 Å². The van der Waals surface area contributed by atoms with E-state index in [4.69, 9.17) is 29.3 Å². The molecule has 10 nitrogen and oxygen atoms in total. The smallest absolute Gasteiger partial charge is 0.475 e. The number of ether oxygens (including phenoxy) is 2. The fraction of sp³-hybridized carbons (Fsp3) is 0.652. The molecule has 0 aromatic carbocycles. The third kappa shape index (κ3) is 11.3. The van der Waals surface area contributed by atoms with E-state index in [1.54, 1.807) is 12.4 Å². The molecule has 0 aliphatic carbocycles. The van der Waals surface area contributed by atoms with Crippen LogP contribution in [-0.4, -0.2) is 94.8 Å². The zero-order valence-corrected chi connectivity index (χ0v) is 20.6. The van der Waals surface area contributed by atoms with Crippen LogP contribution in [0.3, 0.4) is 0 Å². The minimum Gasteiger partial charge on any atom is -0.475 e. The number of carboxylic acid groups (broad SMARTS) is 2. The molecule has 0 spiro atoms. The molecule has 3 aliphatic rings. The Balaban J connectivity index is 0.000000317. The average Bonchev–Trinajstić information content (AvgIpc) is 3.42. The Bertz CT molecular complexity index is 904. The number of carbonyl (C=O) groups is 3. The minimum absolute atomic E-state index is 0.0649. The number of carboxylic acids is 2. The molecule has 0 saturated carbocycles. The van der Waals surface area contributed by atoms with Crippen molar-refractivity contribution in [3.05, 3.63) is 30.1 Å². The maximum Gasteiger partial charge on any atom is 0.490 e. The number of aliphatic carboxylic acids is 2. The highest BCUT2D eigenvalue weighted by Crippen LogP contribution is 2.36. The van der Waals surface area contributed by atoms with Gasteiger partial charge in [-0.15, -0.1) is 0 Å². The van der Waals surface area contributed by atoms with Crippen LogP contribution < -0.4 is 5.32 Å². The van der Waals surface area contributed by atoms with Gasteiger partial charge in [0.25, 0.3) is 0 Å². The fourth-order valence-electron chi connectivity index (χ4n) is 4.36. The normalized spacial score (nSPS) is 23.5. The van der Waals surface area contributed by atoms with Gasteiger partial charge >= 0.3 is 24.3 Å². The number of aromatic nitrogens is 1. The summed E-state index contributed by atoms with van der Waals surface area (Å²) in [6.07, 6.45) is -2.53. The van der Waals surface area contributed by atoms with Crippen LogP contribution >= 0.6 is 0 Å². The van der Waals surface area contributed by atoms with Gasteiger partial charge in [-0.05, 0) is 30.9 Å². The van der Waals surface area contributed by atoms with Gasteiger partial charge in [-0.1, -0.05) is 6.07 Å². The van der Waals surface area contributed by atoms with Crippen LogP contribution in [0.25, 0.3) is 0 Å². The number of nitrogens with one attached hydrogen (secondary N) is 1. The number of fused-ring (bicyclic) bond motifs is 1. The van der Waals surface area contributed by atoms with Crippen LogP contribution in [0, 0.1) is 5.92 Å². The first kappa shape index (κ1) is 32.2. The lowest BCUT2D eigenvalue weighted by atomic mass is 10.0. The Hall–Kier alpha value is -2.98. The first-order chi connectivity index (χ1) is 18.2. The standard InChI is InChI=1S/C19H27N3O3.2C2HF3O2/c23-19(21-11-14-2-1-5-20-10-14)9-17-8-15-12-22(13-18(15)25-17)16-3-6-24-7-4-16;2*3-2(4,5)1(6)7/h1-2,5,10,15-18H,3-4,6-9,11-13H2,(H,21,23);2*(H,6,7)/t15-,17+,18+;;/m0../s1. The number of pyridine rings is 1. The summed E-state index contributed by atoms with van der Waals surface area (Å²) in [6.45, 7) is 4.43. The van der Waals surface area contributed by atoms with Crippen LogP contribution in [0.2, 0.25) is 0 Å². The summed E-state index contributed by atoms with van der Waals surface area (Å²) in [5, 5.41) is 17.2. The van der Waals surface area contributed by atoms with Crippen LogP contribution in [0.1, 0.15) is 31.2 Å². The molecule has 0 radical (unpaired) electrons. The third-order valence-corrected chi connectivity index (χ3v) is 6.16. The van der Waals surface area contributed by atoms with Gasteiger partial charge in [0.05, 0.1) is 18.6 Å². The van der Waals surface area contributed by atoms with E-state index in [0.717, 1.165) is 51.1 Å². The molecule has 1 aromatic heterocycles. The van der Waals surface area contributed by atoms with Gasteiger partial charge in [0.2, 0.25) is 5.91 Å². The highest BCUT2D eigenvalue weighted by atomic mass is 19.4. The Morgan fingerprint density at radius 1 is 1.03 bits per heavy atom. The van der Waals surface area contributed by atoms with E-state index in [2.05, 4.69) is 15.2 Å². The number of halogens is 6. The molecule has 39 heavy (non-hydrogen) atoms. The van der Waals surface area contributed by atoms with Gasteiger partial charge in [-0.3, -0.25) is 14.7 Å². The molecule has 220 valence electrons. The first-order valence-corrected chi connectivity index (χ1v) is 11.9. The van der Waals surface area contributed by atoms with Crippen molar-refractivity contribution in [2.75, 3.05) is 26.3 Å². The summed E-state index contributed by atoms with van der Waals surface area (Å²) in [6, 6.07) is 4.51. The highest BCUT2D eigenvalue weighted by molar-refractivity contribution is 5.76. The topological polar surface area (TPSA) is 138 Å². The van der Waals surface area contributed by atoms with Crippen molar-refractivity contribution in [1.29, 1.82) is 0 Å². The Morgan fingerprint density at radius 3 is 2.10 bits per heavy atom. The van der Waals surface area contributed by atoms with E-state index in [1.165, 1.54) is 0 Å². The lowest BCUT2D eigenvalue weighted by Gasteiger charge is -2.31. The van der Waals surface area contributed by atoms with Crippen molar-refractivity contribution in [3.63, 3.8) is 0 Å². The molecule has 3 saturated heterocycles. The van der Waals surface area contributed by atoms with Crippen molar-refractivity contribution in [2.24, 2.45) is 5.92 Å². The van der Waals surface area contributed by atoms with Crippen molar-refractivity contribution >= 4 is 17.8 Å². The number of amides is 1. The number of nitrogens with zero attached hydrogens (tertiary/aromatic N) is 2. The fourth-order valence-corrected chi connectivity index (χ4v) is 4.36. The quantitative estimate of drug-likeness (QED) is 0.454. The zero-order chi connectivity index (χ0) is 29.2. The Labute approximate surface area is 219 Å². The second-order valence-corrected chi connectivity index (χ2v) is 9.04. The monoisotopic (exact) mass is 573 g/mol. The Kier molecular flexibility index (Phi) is 11.9. The molecule has 1 aromatic rings. The van der Waals surface area contributed by atoms with Crippen molar-refractivity contribution in [1.82, 2.24) is 15.2 Å². The molecule has 4 heterocycles. The van der Waals surface area contributed by atoms with E-state index in [9.17, 15) is 31.1 Å². The van der Waals surface area contributed by atoms with E-state index in [0.29, 0.717) is 31.0 Å². The molecule has 16 heteroatoms. The van der Waals surface area contributed by atoms with E-state index >= 15 is 0 Å². The predicted octanol–water partition coefficient (Wildman–Crippen LogP) is 2.62. The zero-order valence-electron chi connectivity index (χ0n) is 20.6. The van der Waals surface area contributed by atoms with Gasteiger partial charge in [-0.2, -0.15) is 26.3 Å². The number of likely N-dealkylation sites (tertiary alicyclic amines) is 1. The van der Waals surface area contributed by atoms with Crippen molar-refractivity contribution < 1.29 is 60.4 Å². The predicted molar refractivity (Wildman–Crippen MR) is 120 cm³/mol. The summed E-state index contributed by atoms with van der Waals surface area (Å²) in [5.41, 5.74) is 1.02. The second-order valence-electron chi connectivity index (χ2n) is 9.04. The Morgan fingerprint density at radius 2 is 1.62 bits per heavy atom. The maximum absolute atomic E-state index is 12.2. The van der Waals surface area contributed by atoms with Crippen LogP contribution in [0.5, 0.6) is 0 Å². The molecule has 0 unspecified atom stereocenters. The van der Waals surface area contributed by atoms with Crippen LogP contribution in [-0.2, 0) is 30.4 Å².